The van der Waals surface area contributed by atoms with E-state index in [0.29, 0.717) is 11.5 Å². The van der Waals surface area contributed by atoms with E-state index in [4.69, 9.17) is 14.7 Å². The van der Waals surface area contributed by atoms with E-state index in [0.717, 1.165) is 10.5 Å². The Balaban J connectivity index is 2.29. The fraction of sp³-hybridized carbons (Fsp3) is 0.545. The molecule has 7 heteroatoms. The minimum Gasteiger partial charge on any atom is -0.480 e. The molecule has 2 rings (SSSR count). The number of rotatable bonds is 2. The van der Waals surface area contributed by atoms with Gasteiger partial charge in [-0.05, 0) is 20.3 Å². The van der Waals surface area contributed by atoms with Crippen LogP contribution in [0.4, 0.5) is 4.79 Å². The number of carboxylic acids is 1. The molecule has 0 spiro atoms. The van der Waals surface area contributed by atoms with Crippen molar-refractivity contribution < 1.29 is 24.3 Å². The van der Waals surface area contributed by atoms with Crippen LogP contribution >= 0.6 is 0 Å². The van der Waals surface area contributed by atoms with Crippen LogP contribution in [0.2, 0.25) is 0 Å². The summed E-state index contributed by atoms with van der Waals surface area (Å²) in [6.07, 6.45) is -0.957. The number of carbonyl (C=O) groups is 2. The Hall–Kier alpha value is -2.05. The van der Waals surface area contributed by atoms with Gasteiger partial charge in [-0.1, -0.05) is 5.16 Å². The highest BCUT2D eigenvalue weighted by Gasteiger charge is 2.42. The average Bonchev–Trinajstić information content (AvgIpc) is 2.83. The predicted octanol–water partition coefficient (Wildman–Crippen LogP) is 1.21. The minimum atomic E-state index is -1.21. The van der Waals surface area contributed by atoms with Gasteiger partial charge in [-0.3, -0.25) is 4.90 Å². The zero-order valence-corrected chi connectivity index (χ0v) is 10.1. The molecule has 0 bridgehead atoms. The molecule has 1 saturated heterocycles. The standard InChI is InChI=1S/C11H14N2O5/c1-5-9(6(2)18-12-5)7-3-8(10(14)15)13(4-7)11(16)17/h7-8H,3-4H2,1-2H3,(H,14,15)(H,16,17)/t7?,8-/m1/s1. The second-order valence-corrected chi connectivity index (χ2v) is 4.46. The molecule has 2 atom stereocenters. The third-order valence-electron chi connectivity index (χ3n) is 3.33. The van der Waals surface area contributed by atoms with Crippen LogP contribution in [0, 0.1) is 13.8 Å². The lowest BCUT2D eigenvalue weighted by molar-refractivity contribution is -0.141. The molecular formula is C11H14N2O5. The summed E-state index contributed by atoms with van der Waals surface area (Å²) >= 11 is 0. The van der Waals surface area contributed by atoms with Crippen LogP contribution in [0.1, 0.15) is 29.4 Å². The molecule has 0 saturated carbocycles. The van der Waals surface area contributed by atoms with Crippen LogP contribution in [0.25, 0.3) is 0 Å². The van der Waals surface area contributed by atoms with E-state index in [9.17, 15) is 9.59 Å². The molecule has 18 heavy (non-hydrogen) atoms. The fourth-order valence-corrected chi connectivity index (χ4v) is 2.56. The third kappa shape index (κ3) is 1.92. The van der Waals surface area contributed by atoms with Crippen molar-refractivity contribution in [1.29, 1.82) is 0 Å². The summed E-state index contributed by atoms with van der Waals surface area (Å²) in [5.41, 5.74) is 1.51. The number of nitrogens with zero attached hydrogens (tertiary/aromatic N) is 2. The molecule has 1 fully saturated rings. The highest BCUT2D eigenvalue weighted by Crippen LogP contribution is 2.35. The van der Waals surface area contributed by atoms with Gasteiger partial charge in [0.05, 0.1) is 5.69 Å². The first-order valence-corrected chi connectivity index (χ1v) is 5.57. The van der Waals surface area contributed by atoms with Gasteiger partial charge in [0.1, 0.15) is 11.8 Å². The van der Waals surface area contributed by atoms with E-state index >= 15 is 0 Å². The molecule has 1 aromatic rings. The number of aliphatic carboxylic acids is 1. The molecular weight excluding hydrogens is 240 g/mol. The average molecular weight is 254 g/mol. The molecule has 1 aromatic heterocycles. The minimum absolute atomic E-state index is 0.162. The Bertz CT molecular complexity index is 454. The van der Waals surface area contributed by atoms with Gasteiger partial charge in [0, 0.05) is 18.0 Å². The molecule has 7 nitrogen and oxygen atoms in total. The van der Waals surface area contributed by atoms with Gasteiger partial charge in [0.15, 0.2) is 0 Å². The highest BCUT2D eigenvalue weighted by molar-refractivity contribution is 5.80. The number of amides is 1. The van der Waals surface area contributed by atoms with Crippen molar-refractivity contribution in [2.75, 3.05) is 6.54 Å². The summed E-state index contributed by atoms with van der Waals surface area (Å²) < 4.78 is 5.04. The molecule has 2 heterocycles. The first-order valence-electron chi connectivity index (χ1n) is 5.57. The number of hydrogen-bond donors (Lipinski definition) is 2. The smallest absolute Gasteiger partial charge is 0.408 e. The molecule has 0 radical (unpaired) electrons. The summed E-state index contributed by atoms with van der Waals surface area (Å²) in [6.45, 7) is 3.68. The van der Waals surface area contributed by atoms with Crippen molar-refractivity contribution in [3.05, 3.63) is 17.0 Å². The van der Waals surface area contributed by atoms with Gasteiger partial charge in [0.2, 0.25) is 0 Å². The van der Waals surface area contributed by atoms with Gasteiger partial charge in [0.25, 0.3) is 0 Å². The van der Waals surface area contributed by atoms with Crippen molar-refractivity contribution in [3.63, 3.8) is 0 Å². The lowest BCUT2D eigenvalue weighted by atomic mass is 9.95. The number of likely N-dealkylation sites (tertiary alicyclic amines) is 1. The molecule has 0 aromatic carbocycles. The van der Waals surface area contributed by atoms with Crippen LogP contribution in [0.5, 0.6) is 0 Å². The Morgan fingerprint density at radius 3 is 2.44 bits per heavy atom. The van der Waals surface area contributed by atoms with Crippen molar-refractivity contribution >= 4 is 12.1 Å². The van der Waals surface area contributed by atoms with Crippen LogP contribution in [0.3, 0.4) is 0 Å². The zero-order valence-electron chi connectivity index (χ0n) is 10.1. The Morgan fingerprint density at radius 1 is 1.39 bits per heavy atom. The number of aromatic nitrogens is 1. The third-order valence-corrected chi connectivity index (χ3v) is 3.33. The topological polar surface area (TPSA) is 104 Å². The largest absolute Gasteiger partial charge is 0.480 e. The van der Waals surface area contributed by atoms with Crippen molar-refractivity contribution in [1.82, 2.24) is 10.1 Å². The summed E-state index contributed by atoms with van der Waals surface area (Å²) in [5, 5.41) is 21.9. The maximum Gasteiger partial charge on any atom is 0.408 e. The van der Waals surface area contributed by atoms with E-state index in [-0.39, 0.29) is 18.9 Å². The van der Waals surface area contributed by atoms with Crippen LogP contribution in [-0.2, 0) is 4.79 Å². The molecule has 1 aliphatic heterocycles. The molecule has 1 unspecified atom stereocenters. The number of carboxylic acid groups (broad SMARTS) is 2. The molecule has 0 aliphatic carbocycles. The summed E-state index contributed by atoms with van der Waals surface area (Å²) in [4.78, 5) is 23.0. The number of hydrogen-bond acceptors (Lipinski definition) is 4. The van der Waals surface area contributed by atoms with E-state index in [1.165, 1.54) is 0 Å². The van der Waals surface area contributed by atoms with Crippen molar-refractivity contribution in [3.8, 4) is 0 Å². The summed E-state index contributed by atoms with van der Waals surface area (Å²) in [6, 6.07) is -0.999. The molecule has 98 valence electrons. The van der Waals surface area contributed by atoms with Crippen LogP contribution in [0.15, 0.2) is 4.52 Å². The van der Waals surface area contributed by atoms with Crippen molar-refractivity contribution in [2.24, 2.45) is 0 Å². The maximum absolute atomic E-state index is 11.1. The van der Waals surface area contributed by atoms with Gasteiger partial charge >= 0.3 is 12.1 Å². The monoisotopic (exact) mass is 254 g/mol. The van der Waals surface area contributed by atoms with Gasteiger partial charge in [-0.25, -0.2) is 9.59 Å². The Kier molecular flexibility index (Phi) is 2.98. The number of aryl methyl sites for hydroxylation is 2. The lowest BCUT2D eigenvalue weighted by Gasteiger charge is -2.16. The SMILES string of the molecule is Cc1noc(C)c1C1C[C@H](C(=O)O)N(C(=O)O)C1. The zero-order chi connectivity index (χ0) is 13.4. The van der Waals surface area contributed by atoms with E-state index < -0.39 is 18.1 Å². The highest BCUT2D eigenvalue weighted by atomic mass is 16.5. The van der Waals surface area contributed by atoms with Gasteiger partial charge < -0.3 is 14.7 Å². The van der Waals surface area contributed by atoms with Crippen LogP contribution < -0.4 is 0 Å². The fourth-order valence-electron chi connectivity index (χ4n) is 2.56. The summed E-state index contributed by atoms with van der Waals surface area (Å²) in [7, 11) is 0. The van der Waals surface area contributed by atoms with Gasteiger partial charge in [-0.2, -0.15) is 0 Å². The first kappa shape index (κ1) is 12.4. The first-order chi connectivity index (χ1) is 8.41. The second kappa shape index (κ2) is 4.32. The normalized spacial score (nSPS) is 23.3. The lowest BCUT2D eigenvalue weighted by Crippen LogP contribution is -2.39. The Labute approximate surface area is 103 Å². The molecule has 1 aliphatic rings. The van der Waals surface area contributed by atoms with Crippen molar-refractivity contribution in [2.45, 2.75) is 32.2 Å². The van der Waals surface area contributed by atoms with Gasteiger partial charge in [-0.15, -0.1) is 0 Å². The van der Waals surface area contributed by atoms with E-state index in [1.54, 1.807) is 13.8 Å². The van der Waals surface area contributed by atoms with Crippen LogP contribution in [-0.4, -0.2) is 44.9 Å². The quantitative estimate of drug-likeness (QED) is 0.822. The molecule has 1 amide bonds. The maximum atomic E-state index is 11.1. The predicted molar refractivity (Wildman–Crippen MR) is 59.5 cm³/mol. The summed E-state index contributed by atoms with van der Waals surface area (Å²) in [5.74, 6) is -0.672. The van der Waals surface area contributed by atoms with E-state index in [1.807, 2.05) is 0 Å². The Morgan fingerprint density at radius 2 is 2.06 bits per heavy atom. The van der Waals surface area contributed by atoms with E-state index in [2.05, 4.69) is 5.16 Å². The second-order valence-electron chi connectivity index (χ2n) is 4.46. The molecule has 2 N–H and O–H groups in total.